The number of amides is 5. The highest BCUT2D eigenvalue weighted by Crippen LogP contribution is 2.49. The van der Waals surface area contributed by atoms with Gasteiger partial charge >= 0.3 is 18.3 Å². The maximum Gasteiger partial charge on any atom is 0.416 e. The number of carbonyl (C=O) groups is 7. The molecular formula is C51H47F8N7O8. The summed E-state index contributed by atoms with van der Waals surface area (Å²) in [5.41, 5.74) is -4.58. The molecule has 390 valence electrons. The molecule has 0 unspecified atom stereocenters. The van der Waals surface area contributed by atoms with Crippen molar-refractivity contribution in [2.45, 2.75) is 84.0 Å². The summed E-state index contributed by atoms with van der Waals surface area (Å²) in [6.07, 6.45) is -9.72. The Labute approximate surface area is 418 Å². The van der Waals surface area contributed by atoms with E-state index in [0.29, 0.717) is 11.1 Å². The lowest BCUT2D eigenvalue weighted by atomic mass is 9.64. The molecule has 4 aromatic carbocycles. The van der Waals surface area contributed by atoms with E-state index in [1.807, 2.05) is 0 Å². The van der Waals surface area contributed by atoms with Gasteiger partial charge < -0.3 is 20.2 Å². The van der Waals surface area contributed by atoms with Crippen molar-refractivity contribution in [1.82, 2.24) is 15.1 Å². The number of carbonyl (C=O) groups excluding carboxylic acids is 6. The number of hydrogen-bond donors (Lipinski definition) is 2. The third-order valence-corrected chi connectivity index (χ3v) is 13.1. The van der Waals surface area contributed by atoms with Crippen molar-refractivity contribution in [3.63, 3.8) is 0 Å². The number of carboxylic acid groups (broad SMARTS) is 1. The normalized spacial score (nSPS) is 21.2. The number of carboxylic acids is 1. The molecule has 0 radical (unpaired) electrons. The van der Waals surface area contributed by atoms with Crippen molar-refractivity contribution in [2.24, 2.45) is 11.8 Å². The molecule has 0 bridgehead atoms. The Balaban J connectivity index is 0.000000268. The average molecular weight is 1040 g/mol. The third kappa shape index (κ3) is 11.1. The molecule has 2 aliphatic heterocycles. The number of benzene rings is 4. The van der Waals surface area contributed by atoms with Gasteiger partial charge in [-0.05, 0) is 104 Å². The summed E-state index contributed by atoms with van der Waals surface area (Å²) in [5.74, 6) is -7.82. The molecule has 2 N–H and O–H groups in total. The monoisotopic (exact) mass is 1040 g/mol. The number of hydrogen-bond acceptors (Lipinski definition) is 9. The molecule has 74 heavy (non-hydrogen) atoms. The summed E-state index contributed by atoms with van der Waals surface area (Å²) in [6, 6.07) is 18.7. The van der Waals surface area contributed by atoms with Gasteiger partial charge in [0.2, 0.25) is 17.7 Å². The van der Waals surface area contributed by atoms with E-state index in [-0.39, 0.29) is 88.5 Å². The Kier molecular flexibility index (Phi) is 16.5. The molecule has 8 rings (SSSR count). The molecule has 2 spiro atoms. The van der Waals surface area contributed by atoms with Crippen molar-refractivity contribution in [3.05, 3.63) is 130 Å². The lowest BCUT2D eigenvalue weighted by Crippen LogP contribution is -2.73. The number of nitrogens with zero attached hydrogens (tertiary/aromatic N) is 6. The van der Waals surface area contributed by atoms with Crippen LogP contribution in [0.3, 0.4) is 0 Å². The molecular weight excluding hydrogens is 991 g/mol. The highest BCUT2D eigenvalue weighted by atomic mass is 19.4. The summed E-state index contributed by atoms with van der Waals surface area (Å²) < 4.78 is 107. The second-order valence-electron chi connectivity index (χ2n) is 17.7. The fourth-order valence-electron chi connectivity index (χ4n) is 9.23. The first-order valence-corrected chi connectivity index (χ1v) is 21.8. The predicted octanol–water partition coefficient (Wildman–Crippen LogP) is 7.54. The van der Waals surface area contributed by atoms with E-state index in [1.54, 1.807) is 12.1 Å². The maximum atomic E-state index is 14.8. The fourth-order valence-corrected chi connectivity index (χ4v) is 9.23. The number of halogens is 8. The minimum absolute atomic E-state index is 0. The quantitative estimate of drug-likeness (QED) is 0.149. The smallest absolute Gasteiger partial charge is 0.416 e. The van der Waals surface area contributed by atoms with E-state index < -0.39 is 107 Å². The van der Waals surface area contributed by atoms with Crippen LogP contribution in [0.25, 0.3) is 0 Å². The number of anilines is 2. The summed E-state index contributed by atoms with van der Waals surface area (Å²) in [5, 5.41) is 29.7. The summed E-state index contributed by atoms with van der Waals surface area (Å²) >= 11 is 0. The van der Waals surface area contributed by atoms with E-state index >= 15 is 0 Å². The molecule has 23 heteroatoms. The topological polar surface area (TPSA) is 212 Å². The zero-order valence-electron chi connectivity index (χ0n) is 37.6. The van der Waals surface area contributed by atoms with Gasteiger partial charge in [-0.2, -0.15) is 36.9 Å². The van der Waals surface area contributed by atoms with Crippen molar-refractivity contribution < 1.29 is 73.8 Å². The van der Waals surface area contributed by atoms with Crippen LogP contribution in [-0.2, 0) is 59.0 Å². The first kappa shape index (κ1) is 56.7. The van der Waals surface area contributed by atoms with Gasteiger partial charge in [-0.1, -0.05) is 39.1 Å². The van der Waals surface area contributed by atoms with E-state index in [9.17, 15) is 73.8 Å². The first-order valence-electron chi connectivity index (χ1n) is 21.8. The maximum absolute atomic E-state index is 14.8. The van der Waals surface area contributed by atoms with Crippen LogP contribution in [0, 0.1) is 46.1 Å². The number of Topliss-reactive ketones (excluding diaryl/α,β-unsaturated/α-hetero) is 1. The molecule has 0 aromatic heterocycles. The largest absolute Gasteiger partial charge is 0.481 e. The lowest BCUT2D eigenvalue weighted by molar-refractivity contribution is -0.169. The van der Waals surface area contributed by atoms with Crippen LogP contribution >= 0.6 is 0 Å². The van der Waals surface area contributed by atoms with Crippen LogP contribution in [-0.4, -0.2) is 86.9 Å². The molecule has 2 saturated carbocycles. The van der Waals surface area contributed by atoms with E-state index in [4.69, 9.17) is 10.5 Å². The van der Waals surface area contributed by atoms with Crippen molar-refractivity contribution >= 4 is 52.7 Å². The molecule has 4 fully saturated rings. The second-order valence-corrected chi connectivity index (χ2v) is 17.7. The van der Waals surface area contributed by atoms with Gasteiger partial charge in [-0.3, -0.25) is 43.4 Å². The van der Waals surface area contributed by atoms with Gasteiger partial charge in [-0.15, -0.1) is 0 Å². The highest BCUT2D eigenvalue weighted by Gasteiger charge is 2.63. The van der Waals surface area contributed by atoms with Crippen molar-refractivity contribution in [3.8, 4) is 12.1 Å². The Morgan fingerprint density at radius 2 is 1.00 bits per heavy atom. The van der Waals surface area contributed by atoms with Crippen LogP contribution in [0.2, 0.25) is 0 Å². The average Bonchev–Trinajstić information content (AvgIpc) is 3.29. The van der Waals surface area contributed by atoms with Gasteiger partial charge in [0, 0.05) is 19.0 Å². The molecule has 4 aromatic rings. The molecule has 2 aliphatic carbocycles. The van der Waals surface area contributed by atoms with Gasteiger partial charge in [0.15, 0.2) is 0 Å². The molecule has 4 aliphatic rings. The zero-order chi connectivity index (χ0) is 52.7. The Bertz CT molecular complexity index is 2960. The molecule has 2 saturated heterocycles. The lowest BCUT2D eigenvalue weighted by Gasteiger charge is -2.56. The van der Waals surface area contributed by atoms with Gasteiger partial charge in [0.25, 0.3) is 11.8 Å². The standard InChI is InChI=1S/C26H22F4N4O4.C23H17F4N3O4.2CH4/c1-15(35)12-32-23(37)18-9-25(10-18)24(38)33(21-7-4-17(11-31)8-20(21)27)14-22(36)34(25)13-16-2-5-19(6-3-16)26(28,29)30;24-17-7-14(10-28)3-6-18(17)29-12-19(31)30(22(21(29)34)8-15(9-22)20(32)33)11-13-1-4-16(5-2-13)23(25,26)27;;/h2-8,18H,9-10,12-14H2,1H3,(H,32,37);1-7,15H,8-9,11-12H2,(H,32,33);2*1H4. The summed E-state index contributed by atoms with van der Waals surface area (Å²) in [7, 11) is 0. The number of ketones is 1. The van der Waals surface area contributed by atoms with Crippen LogP contribution in [0.15, 0.2) is 84.9 Å². The number of nitriles is 2. The minimum Gasteiger partial charge on any atom is -0.481 e. The van der Waals surface area contributed by atoms with Crippen LogP contribution in [0.4, 0.5) is 46.5 Å². The van der Waals surface area contributed by atoms with Crippen molar-refractivity contribution in [2.75, 3.05) is 29.4 Å². The van der Waals surface area contributed by atoms with Crippen LogP contribution < -0.4 is 15.1 Å². The van der Waals surface area contributed by atoms with Gasteiger partial charge in [-0.25, -0.2) is 8.78 Å². The zero-order valence-corrected chi connectivity index (χ0v) is 37.6. The number of piperazine rings is 2. The molecule has 0 atom stereocenters. The summed E-state index contributed by atoms with van der Waals surface area (Å²) in [6.45, 7) is -0.394. The van der Waals surface area contributed by atoms with Crippen LogP contribution in [0.5, 0.6) is 0 Å². The number of aliphatic carboxylic acids is 1. The number of nitrogens with one attached hydrogen (secondary N) is 1. The van der Waals surface area contributed by atoms with Crippen molar-refractivity contribution in [1.29, 1.82) is 10.5 Å². The van der Waals surface area contributed by atoms with E-state index in [1.165, 1.54) is 65.3 Å². The second kappa shape index (κ2) is 21.5. The Morgan fingerprint density at radius 1 is 0.635 bits per heavy atom. The molecule has 5 amide bonds. The highest BCUT2D eigenvalue weighted by molar-refractivity contribution is 6.11. The molecule has 15 nitrogen and oxygen atoms in total. The SMILES string of the molecule is C.C.CC(=O)CNC(=O)C1CC2(C1)C(=O)N(c1ccc(C#N)cc1F)CC(=O)N2Cc1ccc(C(F)(F)F)cc1.N#Cc1ccc(N2CC(=O)N(Cc3ccc(C(F)(F)F)cc3)C3(CC(C(=O)O)C3)C2=O)c(F)c1. The molecule has 2 heterocycles. The number of rotatable bonds is 10. The van der Waals surface area contributed by atoms with Crippen LogP contribution in [0.1, 0.15) is 80.8 Å². The predicted molar refractivity (Wildman–Crippen MR) is 247 cm³/mol. The Hall–Kier alpha value is -8.21. The van der Waals surface area contributed by atoms with E-state index in [2.05, 4.69) is 5.32 Å². The first-order chi connectivity index (χ1) is 33.8. The van der Waals surface area contributed by atoms with Gasteiger partial charge in [0.05, 0.1) is 58.2 Å². The van der Waals surface area contributed by atoms with E-state index in [0.717, 1.165) is 46.2 Å². The fraction of sp³-hybridized carbons (Fsp3) is 0.353. The summed E-state index contributed by atoms with van der Waals surface area (Å²) in [4.78, 5) is 93.2. The number of alkyl halides is 6. The van der Waals surface area contributed by atoms with Gasteiger partial charge in [0.1, 0.15) is 41.6 Å². The third-order valence-electron chi connectivity index (χ3n) is 13.1. The minimum atomic E-state index is -4.54. The Morgan fingerprint density at radius 3 is 1.31 bits per heavy atom.